The normalized spacial score (nSPS) is 26.5. The highest BCUT2D eigenvalue weighted by Crippen LogP contribution is 2.21. The Morgan fingerprint density at radius 3 is 2.36 bits per heavy atom. The number of hydrogen-bond acceptors (Lipinski definition) is 4. The maximum Gasteiger partial charge on any atom is 0.242 e. The molecule has 0 bridgehead atoms. The summed E-state index contributed by atoms with van der Waals surface area (Å²) >= 11 is 0. The lowest BCUT2D eigenvalue weighted by atomic mass is 9.96. The molecule has 2 aliphatic heterocycles. The molecule has 2 aliphatic rings. The van der Waals surface area contributed by atoms with Crippen molar-refractivity contribution >= 4 is 18.3 Å². The van der Waals surface area contributed by atoms with Crippen LogP contribution < -0.4 is 5.73 Å². The molecule has 0 aromatic rings. The summed E-state index contributed by atoms with van der Waals surface area (Å²) in [4.78, 5) is 19.6. The van der Waals surface area contributed by atoms with Crippen LogP contribution in [0, 0.1) is 0 Å². The van der Waals surface area contributed by atoms with Crippen molar-refractivity contribution in [3.63, 3.8) is 0 Å². The molecular weight excluding hydrogens is 300 g/mol. The maximum absolute atomic E-state index is 12.6. The molecule has 6 heteroatoms. The fourth-order valence-electron chi connectivity index (χ4n) is 3.66. The van der Waals surface area contributed by atoms with Crippen molar-refractivity contribution in [2.24, 2.45) is 5.73 Å². The number of nitrogens with two attached hydrogens (primary N) is 1. The molecule has 1 amide bonds. The van der Waals surface area contributed by atoms with Crippen molar-refractivity contribution in [1.29, 1.82) is 0 Å². The summed E-state index contributed by atoms with van der Waals surface area (Å²) in [6.07, 6.45) is 2.82. The summed E-state index contributed by atoms with van der Waals surface area (Å²) < 4.78 is 0. The van der Waals surface area contributed by atoms with Gasteiger partial charge in [0.2, 0.25) is 5.91 Å². The molecule has 2 atom stereocenters. The minimum absolute atomic E-state index is 0. The molecule has 0 saturated carbocycles. The smallest absolute Gasteiger partial charge is 0.242 e. The summed E-state index contributed by atoms with van der Waals surface area (Å²) in [6.45, 7) is 13.6. The Morgan fingerprint density at radius 2 is 1.82 bits per heavy atom. The lowest BCUT2D eigenvalue weighted by molar-refractivity contribution is -0.135. The second-order valence-electron chi connectivity index (χ2n) is 6.83. The lowest BCUT2D eigenvalue weighted by Crippen LogP contribution is -2.54. The molecule has 0 aliphatic carbocycles. The van der Waals surface area contributed by atoms with Crippen LogP contribution in [-0.4, -0.2) is 78.0 Å². The molecule has 5 nitrogen and oxygen atoms in total. The number of amides is 1. The standard InChI is InChI=1S/C16H32N4O.ClH/c1-4-7-16(3,17)15(21)20-8-6-14(13-20)19-11-9-18(5-2)10-12-19;/h14H,4-13,17H2,1-3H3;1H. The van der Waals surface area contributed by atoms with Gasteiger partial charge in [-0.2, -0.15) is 0 Å². The fraction of sp³-hybridized carbons (Fsp3) is 0.938. The van der Waals surface area contributed by atoms with E-state index in [0.29, 0.717) is 6.04 Å². The number of likely N-dealkylation sites (tertiary alicyclic amines) is 1. The van der Waals surface area contributed by atoms with Crippen LogP contribution in [0.15, 0.2) is 0 Å². The number of rotatable bonds is 5. The highest BCUT2D eigenvalue weighted by Gasteiger charge is 2.37. The number of halogens is 1. The van der Waals surface area contributed by atoms with E-state index in [2.05, 4.69) is 23.6 Å². The van der Waals surface area contributed by atoms with Crippen molar-refractivity contribution in [3.8, 4) is 0 Å². The Labute approximate surface area is 141 Å². The minimum Gasteiger partial charge on any atom is -0.339 e. The molecule has 2 rings (SSSR count). The molecule has 2 heterocycles. The zero-order chi connectivity index (χ0) is 15.5. The first-order chi connectivity index (χ1) is 9.97. The van der Waals surface area contributed by atoms with Gasteiger partial charge in [-0.25, -0.2) is 0 Å². The van der Waals surface area contributed by atoms with Crippen LogP contribution in [0.25, 0.3) is 0 Å². The quantitative estimate of drug-likeness (QED) is 0.821. The first-order valence-electron chi connectivity index (χ1n) is 8.52. The summed E-state index contributed by atoms with van der Waals surface area (Å²) in [5, 5.41) is 0. The average molecular weight is 333 g/mol. The number of piperazine rings is 1. The Bertz CT molecular complexity index is 356. The van der Waals surface area contributed by atoms with Crippen LogP contribution in [0.5, 0.6) is 0 Å². The minimum atomic E-state index is -0.690. The number of carbonyl (C=O) groups is 1. The van der Waals surface area contributed by atoms with Gasteiger partial charge in [-0.15, -0.1) is 12.4 Å². The zero-order valence-corrected chi connectivity index (χ0v) is 15.2. The molecule has 2 unspecified atom stereocenters. The fourth-order valence-corrected chi connectivity index (χ4v) is 3.66. The monoisotopic (exact) mass is 332 g/mol. The van der Waals surface area contributed by atoms with Gasteiger partial charge in [-0.05, 0) is 26.3 Å². The van der Waals surface area contributed by atoms with Crippen molar-refractivity contribution < 1.29 is 4.79 Å². The molecule has 2 N–H and O–H groups in total. The Balaban J connectivity index is 0.00000242. The van der Waals surface area contributed by atoms with Crippen molar-refractivity contribution in [2.45, 2.75) is 51.6 Å². The van der Waals surface area contributed by atoms with Gasteiger partial charge in [0.1, 0.15) is 0 Å². The lowest BCUT2D eigenvalue weighted by Gasteiger charge is -2.37. The van der Waals surface area contributed by atoms with Crippen LogP contribution in [0.2, 0.25) is 0 Å². The molecule has 130 valence electrons. The maximum atomic E-state index is 12.6. The van der Waals surface area contributed by atoms with Gasteiger partial charge < -0.3 is 15.5 Å². The van der Waals surface area contributed by atoms with E-state index in [1.807, 2.05) is 11.8 Å². The van der Waals surface area contributed by atoms with Gasteiger partial charge in [-0.1, -0.05) is 20.3 Å². The summed E-state index contributed by atoms with van der Waals surface area (Å²) in [6, 6.07) is 0.533. The second kappa shape index (κ2) is 8.48. The van der Waals surface area contributed by atoms with E-state index >= 15 is 0 Å². The Hall–Kier alpha value is -0.360. The molecule has 22 heavy (non-hydrogen) atoms. The van der Waals surface area contributed by atoms with Crippen LogP contribution >= 0.6 is 12.4 Å². The van der Waals surface area contributed by atoms with Crippen molar-refractivity contribution in [1.82, 2.24) is 14.7 Å². The number of likely N-dealkylation sites (N-methyl/N-ethyl adjacent to an activating group) is 1. The van der Waals surface area contributed by atoms with Crippen LogP contribution in [-0.2, 0) is 4.79 Å². The molecule has 0 radical (unpaired) electrons. The van der Waals surface area contributed by atoms with Gasteiger partial charge in [0, 0.05) is 45.3 Å². The van der Waals surface area contributed by atoms with Gasteiger partial charge in [0.15, 0.2) is 0 Å². The largest absolute Gasteiger partial charge is 0.339 e. The number of hydrogen-bond donors (Lipinski definition) is 1. The molecule has 0 spiro atoms. The third-order valence-corrected chi connectivity index (χ3v) is 5.08. The molecule has 2 fully saturated rings. The average Bonchev–Trinajstić information content (AvgIpc) is 2.96. The number of carbonyl (C=O) groups excluding carboxylic acids is 1. The van der Waals surface area contributed by atoms with E-state index in [9.17, 15) is 4.79 Å². The van der Waals surface area contributed by atoms with E-state index in [1.165, 1.54) is 0 Å². The molecular formula is C16H33ClN4O. The highest BCUT2D eigenvalue weighted by molar-refractivity contribution is 5.86. The van der Waals surface area contributed by atoms with E-state index < -0.39 is 5.54 Å². The summed E-state index contributed by atoms with van der Waals surface area (Å²) in [5.41, 5.74) is 5.51. The van der Waals surface area contributed by atoms with E-state index in [-0.39, 0.29) is 18.3 Å². The molecule has 0 aromatic carbocycles. The van der Waals surface area contributed by atoms with E-state index in [0.717, 1.165) is 65.1 Å². The van der Waals surface area contributed by atoms with Crippen LogP contribution in [0.4, 0.5) is 0 Å². The van der Waals surface area contributed by atoms with Crippen LogP contribution in [0.3, 0.4) is 0 Å². The Kier molecular flexibility index (Phi) is 7.59. The van der Waals surface area contributed by atoms with Crippen molar-refractivity contribution in [2.75, 3.05) is 45.8 Å². The summed E-state index contributed by atoms with van der Waals surface area (Å²) in [5.74, 6) is 0.138. The highest BCUT2D eigenvalue weighted by atomic mass is 35.5. The van der Waals surface area contributed by atoms with Gasteiger partial charge in [0.25, 0.3) is 0 Å². The van der Waals surface area contributed by atoms with Gasteiger partial charge in [0.05, 0.1) is 5.54 Å². The zero-order valence-electron chi connectivity index (χ0n) is 14.4. The first-order valence-corrected chi connectivity index (χ1v) is 8.52. The second-order valence-corrected chi connectivity index (χ2v) is 6.83. The third-order valence-electron chi connectivity index (χ3n) is 5.08. The SMILES string of the molecule is CCCC(C)(N)C(=O)N1CCC(N2CCN(CC)CC2)C1.Cl. The third kappa shape index (κ3) is 4.57. The Morgan fingerprint density at radius 1 is 1.18 bits per heavy atom. The van der Waals surface area contributed by atoms with Gasteiger partial charge >= 0.3 is 0 Å². The molecule has 2 saturated heterocycles. The summed E-state index contributed by atoms with van der Waals surface area (Å²) in [7, 11) is 0. The van der Waals surface area contributed by atoms with E-state index in [4.69, 9.17) is 5.73 Å². The predicted octanol–water partition coefficient (Wildman–Crippen LogP) is 1.16. The van der Waals surface area contributed by atoms with Crippen LogP contribution in [0.1, 0.15) is 40.0 Å². The molecule has 0 aromatic heterocycles. The van der Waals surface area contributed by atoms with Gasteiger partial charge in [-0.3, -0.25) is 9.69 Å². The number of nitrogens with zero attached hydrogens (tertiary/aromatic N) is 3. The van der Waals surface area contributed by atoms with E-state index in [1.54, 1.807) is 0 Å². The topological polar surface area (TPSA) is 52.8 Å². The van der Waals surface area contributed by atoms with Crippen molar-refractivity contribution in [3.05, 3.63) is 0 Å². The first kappa shape index (κ1) is 19.7. The predicted molar refractivity (Wildman–Crippen MR) is 93.4 cm³/mol.